The lowest BCUT2D eigenvalue weighted by Crippen LogP contribution is -2.45. The average Bonchev–Trinajstić information content (AvgIpc) is 2.69. The van der Waals surface area contributed by atoms with Gasteiger partial charge >= 0.3 is 0 Å². The van der Waals surface area contributed by atoms with Gasteiger partial charge in [0, 0.05) is 25.2 Å². The SMILES string of the molecule is Cc1ccc(CCNC(=O)C2CCCN(C(=O)c3cccc(C)c3)C2)cc1. The Balaban J connectivity index is 1.51. The number of piperidine rings is 1. The Bertz CT molecular complexity index is 798. The first-order valence-corrected chi connectivity index (χ1v) is 9.72. The average molecular weight is 364 g/mol. The zero-order valence-electron chi connectivity index (χ0n) is 16.2. The number of hydrogen-bond donors (Lipinski definition) is 1. The molecule has 1 heterocycles. The summed E-state index contributed by atoms with van der Waals surface area (Å²) in [6.07, 6.45) is 2.53. The number of aryl methyl sites for hydroxylation is 2. The number of carbonyl (C=O) groups is 2. The van der Waals surface area contributed by atoms with Crippen molar-refractivity contribution in [3.05, 3.63) is 70.8 Å². The predicted octanol–water partition coefficient (Wildman–Crippen LogP) is 3.51. The summed E-state index contributed by atoms with van der Waals surface area (Å²) in [4.78, 5) is 27.1. The molecule has 27 heavy (non-hydrogen) atoms. The van der Waals surface area contributed by atoms with Crippen LogP contribution in [0.15, 0.2) is 48.5 Å². The van der Waals surface area contributed by atoms with Gasteiger partial charge in [-0.1, -0.05) is 47.5 Å². The van der Waals surface area contributed by atoms with Gasteiger partial charge in [-0.15, -0.1) is 0 Å². The lowest BCUT2D eigenvalue weighted by Gasteiger charge is -2.32. The van der Waals surface area contributed by atoms with Crippen molar-refractivity contribution in [3.8, 4) is 0 Å². The topological polar surface area (TPSA) is 49.4 Å². The van der Waals surface area contributed by atoms with Crippen LogP contribution in [0.5, 0.6) is 0 Å². The number of likely N-dealkylation sites (tertiary alicyclic amines) is 1. The molecule has 1 saturated heterocycles. The first-order chi connectivity index (χ1) is 13.0. The maximum atomic E-state index is 12.7. The van der Waals surface area contributed by atoms with E-state index in [-0.39, 0.29) is 17.7 Å². The normalized spacial score (nSPS) is 16.8. The van der Waals surface area contributed by atoms with E-state index in [2.05, 4.69) is 36.5 Å². The monoisotopic (exact) mass is 364 g/mol. The molecule has 2 amide bonds. The van der Waals surface area contributed by atoms with Crippen molar-refractivity contribution in [3.63, 3.8) is 0 Å². The van der Waals surface area contributed by atoms with Gasteiger partial charge in [0.05, 0.1) is 5.92 Å². The second-order valence-electron chi connectivity index (χ2n) is 7.49. The quantitative estimate of drug-likeness (QED) is 0.883. The highest BCUT2D eigenvalue weighted by molar-refractivity contribution is 5.95. The molecule has 1 fully saturated rings. The first kappa shape index (κ1) is 19.2. The summed E-state index contributed by atoms with van der Waals surface area (Å²) in [7, 11) is 0. The van der Waals surface area contributed by atoms with Crippen molar-refractivity contribution in [1.82, 2.24) is 10.2 Å². The molecule has 0 radical (unpaired) electrons. The van der Waals surface area contributed by atoms with E-state index in [9.17, 15) is 9.59 Å². The molecule has 2 aromatic rings. The van der Waals surface area contributed by atoms with Crippen molar-refractivity contribution in [2.24, 2.45) is 5.92 Å². The van der Waals surface area contributed by atoms with E-state index in [0.29, 0.717) is 18.7 Å². The lowest BCUT2D eigenvalue weighted by molar-refractivity contribution is -0.126. The number of nitrogens with one attached hydrogen (secondary N) is 1. The van der Waals surface area contributed by atoms with Gasteiger partial charge in [-0.25, -0.2) is 0 Å². The summed E-state index contributed by atoms with van der Waals surface area (Å²) >= 11 is 0. The zero-order valence-corrected chi connectivity index (χ0v) is 16.2. The highest BCUT2D eigenvalue weighted by Gasteiger charge is 2.28. The molecule has 0 bridgehead atoms. The molecular weight excluding hydrogens is 336 g/mol. The Morgan fingerprint density at radius 2 is 1.85 bits per heavy atom. The molecule has 4 heteroatoms. The number of rotatable bonds is 5. The van der Waals surface area contributed by atoms with Crippen LogP contribution in [0.25, 0.3) is 0 Å². The second kappa shape index (κ2) is 8.85. The number of nitrogens with zero attached hydrogens (tertiary/aromatic N) is 1. The van der Waals surface area contributed by atoms with Crippen molar-refractivity contribution < 1.29 is 9.59 Å². The van der Waals surface area contributed by atoms with Gasteiger partial charge in [-0.3, -0.25) is 9.59 Å². The third-order valence-corrected chi connectivity index (χ3v) is 5.18. The molecule has 1 aliphatic heterocycles. The summed E-state index contributed by atoms with van der Waals surface area (Å²) in [5, 5.41) is 3.05. The van der Waals surface area contributed by atoms with Gasteiger partial charge in [0.25, 0.3) is 5.91 Å². The largest absolute Gasteiger partial charge is 0.355 e. The van der Waals surface area contributed by atoms with Crippen molar-refractivity contribution in [1.29, 1.82) is 0 Å². The predicted molar refractivity (Wildman–Crippen MR) is 108 cm³/mol. The van der Waals surface area contributed by atoms with Gasteiger partial charge < -0.3 is 10.2 Å². The molecule has 0 spiro atoms. The summed E-state index contributed by atoms with van der Waals surface area (Å²) < 4.78 is 0. The maximum Gasteiger partial charge on any atom is 0.253 e. The summed E-state index contributed by atoms with van der Waals surface area (Å²) in [5.41, 5.74) is 4.24. The first-order valence-electron chi connectivity index (χ1n) is 9.72. The van der Waals surface area contributed by atoms with E-state index in [1.54, 1.807) is 0 Å². The van der Waals surface area contributed by atoms with Crippen molar-refractivity contribution in [2.45, 2.75) is 33.1 Å². The Morgan fingerprint density at radius 3 is 2.59 bits per heavy atom. The number of hydrogen-bond acceptors (Lipinski definition) is 2. The minimum absolute atomic E-state index is 0.0239. The molecule has 1 aliphatic rings. The molecular formula is C23H28N2O2. The lowest BCUT2D eigenvalue weighted by atomic mass is 9.96. The van der Waals surface area contributed by atoms with Crippen LogP contribution in [-0.2, 0) is 11.2 Å². The van der Waals surface area contributed by atoms with Crippen LogP contribution in [0, 0.1) is 19.8 Å². The van der Waals surface area contributed by atoms with E-state index < -0.39 is 0 Å². The fourth-order valence-electron chi connectivity index (χ4n) is 3.57. The third kappa shape index (κ3) is 5.19. The summed E-state index contributed by atoms with van der Waals surface area (Å²) in [6.45, 7) is 5.91. The standard InChI is InChI=1S/C23H28N2O2/c1-17-8-10-19(11-9-17)12-13-24-22(26)21-7-4-14-25(16-21)23(27)20-6-3-5-18(2)15-20/h3,5-6,8-11,15,21H,4,7,12-14,16H2,1-2H3,(H,24,26). The Hall–Kier alpha value is -2.62. The maximum absolute atomic E-state index is 12.7. The van der Waals surface area contributed by atoms with Crippen molar-refractivity contribution in [2.75, 3.05) is 19.6 Å². The van der Waals surface area contributed by atoms with Crippen molar-refractivity contribution >= 4 is 11.8 Å². The van der Waals surface area contributed by atoms with E-state index in [1.807, 2.05) is 36.1 Å². The molecule has 4 nitrogen and oxygen atoms in total. The number of carbonyl (C=O) groups excluding carboxylic acids is 2. The van der Waals surface area contributed by atoms with Crippen LogP contribution in [0.2, 0.25) is 0 Å². The Morgan fingerprint density at radius 1 is 1.07 bits per heavy atom. The molecule has 0 saturated carbocycles. The van der Waals surface area contributed by atoms with Crippen LogP contribution >= 0.6 is 0 Å². The molecule has 3 rings (SSSR count). The minimum atomic E-state index is -0.120. The molecule has 1 N–H and O–H groups in total. The molecule has 0 aliphatic carbocycles. The van der Waals surface area contributed by atoms with Crippen LogP contribution in [-0.4, -0.2) is 36.3 Å². The van der Waals surface area contributed by atoms with Crippen LogP contribution in [0.1, 0.15) is 39.9 Å². The molecule has 142 valence electrons. The molecule has 1 atom stereocenters. The fourth-order valence-corrected chi connectivity index (χ4v) is 3.57. The number of benzene rings is 2. The van der Waals surface area contributed by atoms with E-state index in [0.717, 1.165) is 31.4 Å². The third-order valence-electron chi connectivity index (χ3n) is 5.18. The minimum Gasteiger partial charge on any atom is -0.355 e. The zero-order chi connectivity index (χ0) is 19.2. The Labute approximate surface area is 161 Å². The Kier molecular flexibility index (Phi) is 6.28. The summed E-state index contributed by atoms with van der Waals surface area (Å²) in [5.74, 6) is -0.0368. The fraction of sp³-hybridized carbons (Fsp3) is 0.391. The van der Waals surface area contributed by atoms with Gasteiger partial charge in [0.15, 0.2) is 0 Å². The number of amides is 2. The molecule has 2 aromatic carbocycles. The highest BCUT2D eigenvalue weighted by Crippen LogP contribution is 2.19. The van der Waals surface area contributed by atoms with Crippen LogP contribution < -0.4 is 5.32 Å². The van der Waals surface area contributed by atoms with Gasteiger partial charge in [-0.05, 0) is 50.8 Å². The second-order valence-corrected chi connectivity index (χ2v) is 7.49. The van der Waals surface area contributed by atoms with Crippen LogP contribution in [0.4, 0.5) is 0 Å². The molecule has 1 unspecified atom stereocenters. The van der Waals surface area contributed by atoms with E-state index in [4.69, 9.17) is 0 Å². The van der Waals surface area contributed by atoms with Gasteiger partial charge in [-0.2, -0.15) is 0 Å². The van der Waals surface area contributed by atoms with Gasteiger partial charge in [0.2, 0.25) is 5.91 Å². The van der Waals surface area contributed by atoms with Crippen LogP contribution in [0.3, 0.4) is 0 Å². The smallest absolute Gasteiger partial charge is 0.253 e. The highest BCUT2D eigenvalue weighted by atomic mass is 16.2. The van der Waals surface area contributed by atoms with E-state index >= 15 is 0 Å². The van der Waals surface area contributed by atoms with Gasteiger partial charge in [0.1, 0.15) is 0 Å². The molecule has 0 aromatic heterocycles. The van der Waals surface area contributed by atoms with E-state index in [1.165, 1.54) is 11.1 Å². The summed E-state index contributed by atoms with van der Waals surface area (Å²) in [6, 6.07) is 16.0.